The molecule has 0 spiro atoms. The van der Waals surface area contributed by atoms with Gasteiger partial charge in [0, 0.05) is 59.3 Å². The average molecular weight is 452 g/mol. The predicted octanol–water partition coefficient (Wildman–Crippen LogP) is 4.01. The summed E-state index contributed by atoms with van der Waals surface area (Å²) in [6.07, 6.45) is 11.4. The van der Waals surface area contributed by atoms with Crippen molar-refractivity contribution in [2.24, 2.45) is 7.05 Å². The summed E-state index contributed by atoms with van der Waals surface area (Å²) in [4.78, 5) is 29.5. The zero-order valence-electron chi connectivity index (χ0n) is 20.8. The average Bonchev–Trinajstić information content (AvgIpc) is 3.19. The highest BCUT2D eigenvalue weighted by Gasteiger charge is 2.21. The Morgan fingerprint density at radius 3 is 2.19 bits per heavy atom. The van der Waals surface area contributed by atoms with Gasteiger partial charge in [-0.05, 0) is 25.0 Å². The van der Waals surface area contributed by atoms with Crippen LogP contribution in [-0.4, -0.2) is 73.2 Å². The van der Waals surface area contributed by atoms with Crippen LogP contribution in [0.3, 0.4) is 0 Å². The Kier molecular flexibility index (Phi) is 15.6. The first kappa shape index (κ1) is 28.2. The van der Waals surface area contributed by atoms with Crippen molar-refractivity contribution in [3.8, 4) is 0 Å². The van der Waals surface area contributed by atoms with Crippen molar-refractivity contribution in [3.63, 3.8) is 0 Å². The predicted molar refractivity (Wildman–Crippen MR) is 128 cm³/mol. The maximum absolute atomic E-state index is 13.1. The number of hydrogen-bond acceptors (Lipinski definition) is 4. The lowest BCUT2D eigenvalue weighted by Crippen LogP contribution is -2.44. The molecule has 1 aromatic heterocycles. The second-order valence-corrected chi connectivity index (χ2v) is 8.45. The number of ether oxygens (including phenoxy) is 2. The van der Waals surface area contributed by atoms with Crippen molar-refractivity contribution < 1.29 is 19.1 Å². The van der Waals surface area contributed by atoms with Crippen LogP contribution in [0.1, 0.15) is 70.4 Å². The summed E-state index contributed by atoms with van der Waals surface area (Å²) < 4.78 is 12.4. The molecular weight excluding hydrogens is 406 g/mol. The smallest absolute Gasteiger partial charge is 0.242 e. The molecular formula is C25H45N3O4. The normalized spacial score (nSPS) is 11.0. The summed E-state index contributed by atoms with van der Waals surface area (Å²) in [6.45, 7) is 4.90. The zero-order valence-corrected chi connectivity index (χ0v) is 20.8. The van der Waals surface area contributed by atoms with Crippen molar-refractivity contribution in [1.82, 2.24) is 14.4 Å². The first-order chi connectivity index (χ1) is 15.5. The van der Waals surface area contributed by atoms with Crippen LogP contribution in [0.5, 0.6) is 0 Å². The highest BCUT2D eigenvalue weighted by molar-refractivity contribution is 5.84. The summed E-state index contributed by atoms with van der Waals surface area (Å²) in [5.41, 5.74) is 1.05. The molecule has 0 bridgehead atoms. The van der Waals surface area contributed by atoms with E-state index in [0.717, 1.165) is 25.0 Å². The molecule has 0 saturated heterocycles. The van der Waals surface area contributed by atoms with Crippen molar-refractivity contribution in [3.05, 3.63) is 24.0 Å². The van der Waals surface area contributed by atoms with Crippen LogP contribution in [0.2, 0.25) is 0 Å². The topological polar surface area (TPSA) is 64.0 Å². The van der Waals surface area contributed by atoms with Gasteiger partial charge in [-0.1, -0.05) is 45.4 Å². The lowest BCUT2D eigenvalue weighted by Gasteiger charge is -2.28. The number of unbranched alkanes of at least 4 members (excludes halogenated alkanes) is 6. The van der Waals surface area contributed by atoms with Gasteiger partial charge in [0.1, 0.15) is 0 Å². The SMILES string of the molecule is CCCCCCCCCC(=O)N(CCCOC)CC(=O)N(CCOC)Cc1cccn1C. The number of aromatic nitrogens is 1. The molecule has 0 aromatic carbocycles. The lowest BCUT2D eigenvalue weighted by molar-refractivity contribution is -0.141. The molecule has 1 aromatic rings. The molecule has 32 heavy (non-hydrogen) atoms. The Bertz CT molecular complexity index is 632. The number of carbonyl (C=O) groups excluding carboxylic acids is 2. The van der Waals surface area contributed by atoms with Crippen LogP contribution in [0, 0.1) is 0 Å². The fraction of sp³-hybridized carbons (Fsp3) is 0.760. The molecule has 0 fully saturated rings. The van der Waals surface area contributed by atoms with Crippen molar-refractivity contribution in [1.29, 1.82) is 0 Å². The third-order valence-corrected chi connectivity index (χ3v) is 5.77. The molecule has 1 heterocycles. The largest absolute Gasteiger partial charge is 0.385 e. The standard InChI is InChI=1S/C25H45N3O4/c1-5-6-7-8-9-10-11-15-24(29)27(17-13-19-31-3)22-25(30)28(18-20-32-4)21-23-14-12-16-26(23)2/h12,14,16H,5-11,13,15,17-22H2,1-4H3. The van der Waals surface area contributed by atoms with E-state index in [1.807, 2.05) is 29.9 Å². The van der Waals surface area contributed by atoms with E-state index in [2.05, 4.69) is 6.92 Å². The van der Waals surface area contributed by atoms with E-state index in [0.29, 0.717) is 39.3 Å². The molecule has 0 saturated carbocycles. The highest BCUT2D eigenvalue weighted by Crippen LogP contribution is 2.11. The third-order valence-electron chi connectivity index (χ3n) is 5.77. The fourth-order valence-corrected chi connectivity index (χ4v) is 3.70. The van der Waals surface area contributed by atoms with Crippen molar-refractivity contribution >= 4 is 11.8 Å². The van der Waals surface area contributed by atoms with E-state index in [4.69, 9.17) is 9.47 Å². The van der Waals surface area contributed by atoms with Crippen molar-refractivity contribution in [2.45, 2.75) is 71.3 Å². The van der Waals surface area contributed by atoms with Crippen LogP contribution in [0.15, 0.2) is 18.3 Å². The van der Waals surface area contributed by atoms with Gasteiger partial charge in [-0.25, -0.2) is 0 Å². The van der Waals surface area contributed by atoms with Gasteiger partial charge < -0.3 is 23.8 Å². The van der Waals surface area contributed by atoms with E-state index >= 15 is 0 Å². The zero-order chi connectivity index (χ0) is 23.6. The van der Waals surface area contributed by atoms with E-state index < -0.39 is 0 Å². The second kappa shape index (κ2) is 17.7. The molecule has 0 atom stereocenters. The number of nitrogens with zero attached hydrogens (tertiary/aromatic N) is 3. The van der Waals surface area contributed by atoms with E-state index in [1.54, 1.807) is 24.0 Å². The van der Waals surface area contributed by atoms with Gasteiger partial charge in [-0.2, -0.15) is 0 Å². The molecule has 7 heteroatoms. The molecule has 1 rings (SSSR count). The quantitative estimate of drug-likeness (QED) is 0.298. The first-order valence-electron chi connectivity index (χ1n) is 12.2. The molecule has 0 unspecified atom stereocenters. The molecule has 0 N–H and O–H groups in total. The second-order valence-electron chi connectivity index (χ2n) is 8.45. The van der Waals surface area contributed by atoms with E-state index in [1.165, 1.54) is 32.1 Å². The Labute approximate surface area is 195 Å². The fourth-order valence-electron chi connectivity index (χ4n) is 3.70. The van der Waals surface area contributed by atoms with E-state index in [-0.39, 0.29) is 18.4 Å². The van der Waals surface area contributed by atoms with Gasteiger partial charge in [0.05, 0.1) is 19.7 Å². The number of hydrogen-bond donors (Lipinski definition) is 0. The number of carbonyl (C=O) groups is 2. The molecule has 0 aliphatic rings. The minimum atomic E-state index is -0.0476. The number of aryl methyl sites for hydroxylation is 1. The van der Waals surface area contributed by atoms with E-state index in [9.17, 15) is 9.59 Å². The van der Waals surface area contributed by atoms with Crippen LogP contribution in [0.4, 0.5) is 0 Å². The third kappa shape index (κ3) is 11.7. The van der Waals surface area contributed by atoms with Gasteiger partial charge in [0.2, 0.25) is 11.8 Å². The maximum Gasteiger partial charge on any atom is 0.242 e. The maximum atomic E-state index is 13.1. The number of amides is 2. The number of rotatable bonds is 19. The minimum absolute atomic E-state index is 0.0476. The molecule has 0 aliphatic heterocycles. The summed E-state index contributed by atoms with van der Waals surface area (Å²) >= 11 is 0. The molecule has 184 valence electrons. The Balaban J connectivity index is 2.64. The van der Waals surface area contributed by atoms with Crippen molar-refractivity contribution in [2.75, 3.05) is 47.1 Å². The Hall–Kier alpha value is -1.86. The summed E-state index contributed by atoms with van der Waals surface area (Å²) in [5.74, 6) is 0.0159. The summed E-state index contributed by atoms with van der Waals surface area (Å²) in [6, 6.07) is 3.98. The molecule has 0 aliphatic carbocycles. The van der Waals surface area contributed by atoms with Crippen LogP contribution in [-0.2, 0) is 32.7 Å². The van der Waals surface area contributed by atoms with Crippen LogP contribution in [0.25, 0.3) is 0 Å². The lowest BCUT2D eigenvalue weighted by atomic mass is 10.1. The summed E-state index contributed by atoms with van der Waals surface area (Å²) in [7, 11) is 5.26. The summed E-state index contributed by atoms with van der Waals surface area (Å²) in [5, 5.41) is 0. The van der Waals surface area contributed by atoms with Crippen LogP contribution >= 0.6 is 0 Å². The van der Waals surface area contributed by atoms with Gasteiger partial charge in [0.15, 0.2) is 0 Å². The highest BCUT2D eigenvalue weighted by atomic mass is 16.5. The van der Waals surface area contributed by atoms with Gasteiger partial charge >= 0.3 is 0 Å². The van der Waals surface area contributed by atoms with Gasteiger partial charge in [-0.3, -0.25) is 9.59 Å². The molecule has 0 radical (unpaired) electrons. The minimum Gasteiger partial charge on any atom is -0.385 e. The monoisotopic (exact) mass is 451 g/mol. The Morgan fingerprint density at radius 2 is 1.56 bits per heavy atom. The Morgan fingerprint density at radius 1 is 0.875 bits per heavy atom. The van der Waals surface area contributed by atoms with Crippen LogP contribution < -0.4 is 0 Å². The van der Waals surface area contributed by atoms with Gasteiger partial charge in [-0.15, -0.1) is 0 Å². The molecule has 7 nitrogen and oxygen atoms in total. The first-order valence-corrected chi connectivity index (χ1v) is 12.2. The van der Waals surface area contributed by atoms with Gasteiger partial charge in [0.25, 0.3) is 0 Å². The molecule has 2 amide bonds. The number of methoxy groups -OCH3 is 2.